The SMILES string of the molecule is CCCCC#C/C(=C\C1CCCC(=O)C1)CCCC. The summed E-state index contributed by atoms with van der Waals surface area (Å²) in [6.45, 7) is 4.41. The van der Waals surface area contributed by atoms with Crippen molar-refractivity contribution in [2.24, 2.45) is 5.92 Å². The molecule has 0 aromatic heterocycles. The van der Waals surface area contributed by atoms with Gasteiger partial charge in [0.25, 0.3) is 0 Å². The van der Waals surface area contributed by atoms with Crippen molar-refractivity contribution in [2.75, 3.05) is 0 Å². The molecular weight excluding hydrogens is 232 g/mol. The Hall–Kier alpha value is -1.03. The minimum atomic E-state index is 0.432. The van der Waals surface area contributed by atoms with Crippen LogP contribution in [0.25, 0.3) is 0 Å². The first-order chi connectivity index (χ1) is 9.26. The summed E-state index contributed by atoms with van der Waals surface area (Å²) in [5.74, 6) is 7.53. The second kappa shape index (κ2) is 9.84. The highest BCUT2D eigenvalue weighted by Crippen LogP contribution is 2.24. The summed E-state index contributed by atoms with van der Waals surface area (Å²) in [6.07, 6.45) is 12.9. The first kappa shape index (κ1) is 16.0. The van der Waals surface area contributed by atoms with E-state index in [4.69, 9.17) is 0 Å². The maximum atomic E-state index is 11.5. The van der Waals surface area contributed by atoms with Gasteiger partial charge in [0.15, 0.2) is 0 Å². The van der Waals surface area contributed by atoms with Gasteiger partial charge in [0, 0.05) is 19.3 Å². The quantitative estimate of drug-likeness (QED) is 0.482. The third kappa shape index (κ3) is 7.21. The van der Waals surface area contributed by atoms with Crippen LogP contribution in [0.4, 0.5) is 0 Å². The molecule has 1 aliphatic carbocycles. The van der Waals surface area contributed by atoms with Gasteiger partial charge in [-0.3, -0.25) is 4.79 Å². The van der Waals surface area contributed by atoms with Crippen LogP contribution in [0.3, 0.4) is 0 Å². The van der Waals surface area contributed by atoms with Crippen LogP contribution < -0.4 is 0 Å². The molecule has 1 atom stereocenters. The van der Waals surface area contributed by atoms with Gasteiger partial charge in [-0.05, 0) is 43.6 Å². The summed E-state index contributed by atoms with van der Waals surface area (Å²) in [6, 6.07) is 0. The first-order valence-electron chi connectivity index (χ1n) is 7.97. The Morgan fingerprint density at radius 2 is 2.11 bits per heavy atom. The molecule has 1 heteroatoms. The van der Waals surface area contributed by atoms with E-state index < -0.39 is 0 Å². The largest absolute Gasteiger partial charge is 0.300 e. The maximum Gasteiger partial charge on any atom is 0.133 e. The number of carbonyl (C=O) groups excluding carboxylic acids is 1. The Morgan fingerprint density at radius 3 is 2.79 bits per heavy atom. The summed E-state index contributed by atoms with van der Waals surface area (Å²) in [5, 5.41) is 0. The zero-order valence-electron chi connectivity index (χ0n) is 12.6. The summed E-state index contributed by atoms with van der Waals surface area (Å²) in [4.78, 5) is 11.5. The summed E-state index contributed by atoms with van der Waals surface area (Å²) in [5.41, 5.74) is 1.28. The number of ketones is 1. The van der Waals surface area contributed by atoms with Gasteiger partial charge >= 0.3 is 0 Å². The molecule has 0 bridgehead atoms. The molecule has 19 heavy (non-hydrogen) atoms. The molecule has 0 saturated heterocycles. The Morgan fingerprint density at radius 1 is 1.32 bits per heavy atom. The van der Waals surface area contributed by atoms with Crippen LogP contribution in [0, 0.1) is 17.8 Å². The topological polar surface area (TPSA) is 17.1 Å². The van der Waals surface area contributed by atoms with Crippen molar-refractivity contribution in [3.63, 3.8) is 0 Å². The number of unbranched alkanes of at least 4 members (excludes halogenated alkanes) is 3. The zero-order valence-corrected chi connectivity index (χ0v) is 12.6. The highest BCUT2D eigenvalue weighted by molar-refractivity contribution is 5.79. The van der Waals surface area contributed by atoms with Crippen molar-refractivity contribution in [1.29, 1.82) is 0 Å². The second-order valence-corrected chi connectivity index (χ2v) is 5.60. The normalized spacial score (nSPS) is 20.0. The number of hydrogen-bond acceptors (Lipinski definition) is 1. The Kier molecular flexibility index (Phi) is 8.30. The Balaban J connectivity index is 2.59. The van der Waals surface area contributed by atoms with E-state index in [1.807, 2.05) is 0 Å². The molecule has 1 rings (SSSR count). The molecule has 0 aliphatic heterocycles. The summed E-state index contributed by atoms with van der Waals surface area (Å²) >= 11 is 0. The van der Waals surface area contributed by atoms with Crippen LogP contribution in [0.15, 0.2) is 11.6 Å². The number of Topliss-reactive ketones (excluding diaryl/α,β-unsaturated/α-hetero) is 1. The van der Waals surface area contributed by atoms with E-state index in [1.165, 1.54) is 31.3 Å². The standard InChI is InChI=1S/C18H28O/c1-3-5-7-8-11-16(10-6-4-2)14-17-12-9-13-18(19)15-17/h14,17H,3-7,9-10,12-13,15H2,1-2H3/b16-14-. The lowest BCUT2D eigenvalue weighted by Crippen LogP contribution is -2.13. The average Bonchev–Trinajstić information content (AvgIpc) is 2.40. The fraction of sp³-hybridized carbons (Fsp3) is 0.722. The summed E-state index contributed by atoms with van der Waals surface area (Å²) in [7, 11) is 0. The van der Waals surface area contributed by atoms with Crippen LogP contribution in [0.2, 0.25) is 0 Å². The minimum Gasteiger partial charge on any atom is -0.300 e. The van der Waals surface area contributed by atoms with Gasteiger partial charge in [-0.15, -0.1) is 0 Å². The molecule has 0 aromatic carbocycles. The number of carbonyl (C=O) groups is 1. The van der Waals surface area contributed by atoms with Crippen LogP contribution in [-0.2, 0) is 4.79 Å². The van der Waals surface area contributed by atoms with E-state index in [2.05, 4.69) is 31.8 Å². The zero-order chi connectivity index (χ0) is 13.9. The van der Waals surface area contributed by atoms with Crippen molar-refractivity contribution < 1.29 is 4.79 Å². The number of rotatable bonds is 6. The molecular formula is C18H28O. The van der Waals surface area contributed by atoms with E-state index in [-0.39, 0.29) is 0 Å². The van der Waals surface area contributed by atoms with Crippen molar-refractivity contribution >= 4 is 5.78 Å². The van der Waals surface area contributed by atoms with Gasteiger partial charge in [-0.2, -0.15) is 0 Å². The molecule has 1 nitrogen and oxygen atoms in total. The number of hydrogen-bond donors (Lipinski definition) is 0. The molecule has 1 aliphatic rings. The van der Waals surface area contributed by atoms with Gasteiger partial charge in [0.2, 0.25) is 0 Å². The molecule has 1 saturated carbocycles. The number of allylic oxidation sites excluding steroid dienone is 2. The fourth-order valence-corrected chi connectivity index (χ4v) is 2.48. The highest BCUT2D eigenvalue weighted by atomic mass is 16.1. The molecule has 106 valence electrons. The van der Waals surface area contributed by atoms with E-state index >= 15 is 0 Å². The Bertz CT molecular complexity index is 354. The van der Waals surface area contributed by atoms with E-state index in [0.29, 0.717) is 11.7 Å². The second-order valence-electron chi connectivity index (χ2n) is 5.60. The van der Waals surface area contributed by atoms with Crippen molar-refractivity contribution in [3.05, 3.63) is 11.6 Å². The first-order valence-corrected chi connectivity index (χ1v) is 7.97. The van der Waals surface area contributed by atoms with E-state index in [1.54, 1.807) is 0 Å². The lowest BCUT2D eigenvalue weighted by molar-refractivity contribution is -0.121. The minimum absolute atomic E-state index is 0.432. The van der Waals surface area contributed by atoms with E-state index in [9.17, 15) is 4.79 Å². The molecule has 1 unspecified atom stereocenters. The van der Waals surface area contributed by atoms with Crippen molar-refractivity contribution in [1.82, 2.24) is 0 Å². The van der Waals surface area contributed by atoms with Crippen LogP contribution >= 0.6 is 0 Å². The van der Waals surface area contributed by atoms with Crippen LogP contribution in [0.1, 0.15) is 78.1 Å². The Labute approximate surface area is 118 Å². The lowest BCUT2D eigenvalue weighted by atomic mass is 9.86. The summed E-state index contributed by atoms with van der Waals surface area (Å²) < 4.78 is 0. The monoisotopic (exact) mass is 260 g/mol. The third-order valence-corrected chi connectivity index (χ3v) is 3.66. The lowest BCUT2D eigenvalue weighted by Gasteiger charge is -2.18. The molecule has 1 fully saturated rings. The predicted octanol–water partition coefficient (Wildman–Crippen LogP) is 5.06. The van der Waals surface area contributed by atoms with Gasteiger partial charge in [0.05, 0.1) is 0 Å². The molecule has 0 radical (unpaired) electrons. The molecule has 0 N–H and O–H groups in total. The maximum absolute atomic E-state index is 11.5. The van der Waals surface area contributed by atoms with Gasteiger partial charge < -0.3 is 0 Å². The molecule has 0 spiro atoms. The predicted molar refractivity (Wildman–Crippen MR) is 81.9 cm³/mol. The van der Waals surface area contributed by atoms with Gasteiger partial charge in [-0.1, -0.05) is 44.6 Å². The molecule has 0 aromatic rings. The molecule has 0 heterocycles. The van der Waals surface area contributed by atoms with E-state index in [0.717, 1.165) is 38.5 Å². The average molecular weight is 260 g/mol. The fourth-order valence-electron chi connectivity index (χ4n) is 2.48. The smallest absolute Gasteiger partial charge is 0.133 e. The van der Waals surface area contributed by atoms with Crippen molar-refractivity contribution in [2.45, 2.75) is 78.1 Å². The third-order valence-electron chi connectivity index (χ3n) is 3.66. The van der Waals surface area contributed by atoms with Gasteiger partial charge in [-0.25, -0.2) is 0 Å². The molecule has 0 amide bonds. The van der Waals surface area contributed by atoms with Crippen LogP contribution in [-0.4, -0.2) is 5.78 Å². The highest BCUT2D eigenvalue weighted by Gasteiger charge is 2.17. The van der Waals surface area contributed by atoms with Crippen LogP contribution in [0.5, 0.6) is 0 Å². The van der Waals surface area contributed by atoms with Gasteiger partial charge in [0.1, 0.15) is 5.78 Å². The van der Waals surface area contributed by atoms with Crippen molar-refractivity contribution in [3.8, 4) is 11.8 Å².